The molecule has 3 rings (SSSR count). The largest absolute Gasteiger partial charge is 0.257 e. The summed E-state index contributed by atoms with van der Waals surface area (Å²) in [5, 5.41) is 6.39. The van der Waals surface area contributed by atoms with E-state index >= 15 is 0 Å². The SMILES string of the molecule is Clc1nc(Sc2nccs2)nc(-n2cncn2)n1. The molecule has 0 bridgehead atoms. The standard InChI is InChI=1S/C8H4ClN7S2/c9-5-13-6(16-4-10-3-12-16)15-7(14-5)18-8-11-1-2-17-8/h1-4H. The fraction of sp³-hybridized carbons (Fsp3) is 0. The lowest BCUT2D eigenvalue weighted by Crippen LogP contribution is -2.04. The van der Waals surface area contributed by atoms with Gasteiger partial charge in [-0.15, -0.1) is 11.3 Å². The van der Waals surface area contributed by atoms with Crippen molar-refractivity contribution < 1.29 is 0 Å². The number of thiazole rings is 1. The van der Waals surface area contributed by atoms with Gasteiger partial charge in [0.15, 0.2) is 4.34 Å². The minimum atomic E-state index is 0.106. The summed E-state index contributed by atoms with van der Waals surface area (Å²) in [4.78, 5) is 20.2. The van der Waals surface area contributed by atoms with Crippen LogP contribution in [0.2, 0.25) is 5.28 Å². The molecule has 0 radical (unpaired) electrons. The summed E-state index contributed by atoms with van der Waals surface area (Å²) in [6.45, 7) is 0. The number of nitrogens with zero attached hydrogens (tertiary/aromatic N) is 7. The van der Waals surface area contributed by atoms with E-state index in [2.05, 4.69) is 30.0 Å². The van der Waals surface area contributed by atoms with E-state index in [0.29, 0.717) is 11.1 Å². The Morgan fingerprint density at radius 3 is 2.94 bits per heavy atom. The van der Waals surface area contributed by atoms with E-state index in [-0.39, 0.29) is 5.28 Å². The van der Waals surface area contributed by atoms with Crippen LogP contribution in [0.15, 0.2) is 33.7 Å². The Morgan fingerprint density at radius 1 is 1.28 bits per heavy atom. The van der Waals surface area contributed by atoms with Gasteiger partial charge >= 0.3 is 0 Å². The molecule has 0 atom stereocenters. The molecular weight excluding hydrogens is 294 g/mol. The molecule has 3 aromatic heterocycles. The predicted octanol–water partition coefficient (Wildman–Crippen LogP) is 1.71. The van der Waals surface area contributed by atoms with E-state index in [1.165, 1.54) is 40.4 Å². The lowest BCUT2D eigenvalue weighted by atomic mass is 10.9. The molecular formula is C8H4ClN7S2. The smallest absolute Gasteiger partial charge is 0.238 e. The van der Waals surface area contributed by atoms with E-state index < -0.39 is 0 Å². The van der Waals surface area contributed by atoms with Gasteiger partial charge in [0, 0.05) is 11.6 Å². The number of rotatable bonds is 3. The highest BCUT2D eigenvalue weighted by Crippen LogP contribution is 2.26. The van der Waals surface area contributed by atoms with Crippen LogP contribution in [0.1, 0.15) is 0 Å². The van der Waals surface area contributed by atoms with E-state index in [0.717, 1.165) is 4.34 Å². The second-order valence-electron chi connectivity index (χ2n) is 2.93. The average molecular weight is 298 g/mol. The molecule has 18 heavy (non-hydrogen) atoms. The Kier molecular flexibility index (Phi) is 3.17. The van der Waals surface area contributed by atoms with Crippen molar-refractivity contribution in [1.29, 1.82) is 0 Å². The maximum absolute atomic E-state index is 5.85. The van der Waals surface area contributed by atoms with Crippen molar-refractivity contribution >= 4 is 34.7 Å². The van der Waals surface area contributed by atoms with Crippen LogP contribution in [-0.4, -0.2) is 34.7 Å². The molecule has 0 aliphatic carbocycles. The van der Waals surface area contributed by atoms with Gasteiger partial charge in [0.2, 0.25) is 10.4 Å². The Balaban J connectivity index is 1.96. The first-order valence-electron chi connectivity index (χ1n) is 4.65. The lowest BCUT2D eigenvalue weighted by Gasteiger charge is -2.01. The van der Waals surface area contributed by atoms with Crippen LogP contribution in [-0.2, 0) is 0 Å². The second-order valence-corrected chi connectivity index (χ2v) is 5.37. The highest BCUT2D eigenvalue weighted by molar-refractivity contribution is 8.00. The van der Waals surface area contributed by atoms with Crippen LogP contribution in [0.3, 0.4) is 0 Å². The molecule has 0 N–H and O–H groups in total. The minimum Gasteiger partial charge on any atom is -0.238 e. The molecule has 0 aliphatic heterocycles. The summed E-state index contributed by atoms with van der Waals surface area (Å²) >= 11 is 8.67. The summed E-state index contributed by atoms with van der Waals surface area (Å²) in [5.41, 5.74) is 0. The molecule has 3 heterocycles. The number of halogens is 1. The molecule has 0 unspecified atom stereocenters. The molecule has 0 spiro atoms. The van der Waals surface area contributed by atoms with E-state index in [4.69, 9.17) is 11.6 Å². The lowest BCUT2D eigenvalue weighted by molar-refractivity contribution is 0.757. The first-order chi connectivity index (χ1) is 8.81. The van der Waals surface area contributed by atoms with Crippen molar-refractivity contribution in [2.24, 2.45) is 0 Å². The van der Waals surface area contributed by atoms with Crippen LogP contribution in [0.4, 0.5) is 0 Å². The summed E-state index contributed by atoms with van der Waals surface area (Å²) in [7, 11) is 0. The van der Waals surface area contributed by atoms with Gasteiger partial charge < -0.3 is 0 Å². The zero-order valence-electron chi connectivity index (χ0n) is 8.63. The Labute approximate surface area is 114 Å². The quantitative estimate of drug-likeness (QED) is 0.728. The van der Waals surface area contributed by atoms with Crippen LogP contribution in [0.25, 0.3) is 5.95 Å². The van der Waals surface area contributed by atoms with Crippen molar-refractivity contribution in [3.8, 4) is 5.95 Å². The van der Waals surface area contributed by atoms with E-state index in [1.807, 2.05) is 5.38 Å². The van der Waals surface area contributed by atoms with Crippen molar-refractivity contribution in [3.63, 3.8) is 0 Å². The van der Waals surface area contributed by atoms with Crippen molar-refractivity contribution in [1.82, 2.24) is 34.7 Å². The van der Waals surface area contributed by atoms with Crippen molar-refractivity contribution in [3.05, 3.63) is 29.5 Å². The summed E-state index contributed by atoms with van der Waals surface area (Å²) in [6, 6.07) is 0. The van der Waals surface area contributed by atoms with Gasteiger partial charge in [-0.25, -0.2) is 9.97 Å². The number of hydrogen-bond donors (Lipinski definition) is 0. The van der Waals surface area contributed by atoms with Gasteiger partial charge in [0.05, 0.1) is 0 Å². The molecule has 0 fully saturated rings. The Bertz CT molecular complexity index is 640. The van der Waals surface area contributed by atoms with Crippen LogP contribution < -0.4 is 0 Å². The summed E-state index contributed by atoms with van der Waals surface area (Å²) < 4.78 is 2.25. The highest BCUT2D eigenvalue weighted by Gasteiger charge is 2.09. The van der Waals surface area contributed by atoms with Gasteiger partial charge in [-0.05, 0) is 23.4 Å². The molecule has 90 valence electrons. The molecule has 3 aromatic rings. The normalized spacial score (nSPS) is 10.7. The maximum atomic E-state index is 5.85. The fourth-order valence-electron chi connectivity index (χ4n) is 1.12. The monoisotopic (exact) mass is 297 g/mol. The van der Waals surface area contributed by atoms with Crippen LogP contribution in [0, 0.1) is 0 Å². The molecule has 10 heteroatoms. The van der Waals surface area contributed by atoms with Crippen molar-refractivity contribution in [2.45, 2.75) is 9.50 Å². The van der Waals surface area contributed by atoms with Crippen LogP contribution >= 0.6 is 34.7 Å². The zero-order chi connectivity index (χ0) is 12.4. The Morgan fingerprint density at radius 2 is 2.22 bits per heavy atom. The highest BCUT2D eigenvalue weighted by atomic mass is 35.5. The van der Waals surface area contributed by atoms with Gasteiger partial charge in [0.1, 0.15) is 12.7 Å². The predicted molar refractivity (Wildman–Crippen MR) is 66.0 cm³/mol. The summed E-state index contributed by atoms with van der Waals surface area (Å²) in [5.74, 6) is 0.326. The molecule has 0 aromatic carbocycles. The molecule has 0 aliphatic rings. The third-order valence-corrected chi connectivity index (χ3v) is 3.71. The minimum absolute atomic E-state index is 0.106. The fourth-order valence-corrected chi connectivity index (χ4v) is 2.80. The van der Waals surface area contributed by atoms with Gasteiger partial charge in [-0.1, -0.05) is 0 Å². The maximum Gasteiger partial charge on any atom is 0.257 e. The third-order valence-electron chi connectivity index (χ3n) is 1.79. The summed E-state index contributed by atoms with van der Waals surface area (Å²) in [6.07, 6.45) is 4.60. The molecule has 7 nitrogen and oxygen atoms in total. The average Bonchev–Trinajstić information content (AvgIpc) is 3.00. The number of aromatic nitrogens is 7. The van der Waals surface area contributed by atoms with Gasteiger partial charge in [-0.3, -0.25) is 0 Å². The van der Waals surface area contributed by atoms with Crippen LogP contribution in [0.5, 0.6) is 0 Å². The van der Waals surface area contributed by atoms with Gasteiger partial charge in [-0.2, -0.15) is 24.7 Å². The molecule has 0 saturated carbocycles. The Hall–Kier alpha value is -1.58. The van der Waals surface area contributed by atoms with E-state index in [1.54, 1.807) is 6.20 Å². The third kappa shape index (κ3) is 2.47. The first-order valence-corrected chi connectivity index (χ1v) is 6.72. The van der Waals surface area contributed by atoms with E-state index in [9.17, 15) is 0 Å². The second kappa shape index (κ2) is 4.96. The molecule has 0 saturated heterocycles. The zero-order valence-corrected chi connectivity index (χ0v) is 11.0. The van der Waals surface area contributed by atoms with Crippen molar-refractivity contribution in [2.75, 3.05) is 0 Å². The molecule has 0 amide bonds. The van der Waals surface area contributed by atoms with Gasteiger partial charge in [0.25, 0.3) is 5.95 Å². The number of hydrogen-bond acceptors (Lipinski definition) is 8. The topological polar surface area (TPSA) is 82.3 Å². The first kappa shape index (κ1) is 11.5.